The van der Waals surface area contributed by atoms with Gasteiger partial charge in [-0.25, -0.2) is 19.9 Å². The smallest absolute Gasteiger partial charge is 0.182 e. The van der Waals surface area contributed by atoms with E-state index >= 15 is 0 Å². The average molecular weight is 467 g/mol. The number of rotatable bonds is 4. The largest absolute Gasteiger partial charge is 0.381 e. The van der Waals surface area contributed by atoms with Crippen molar-refractivity contribution in [2.24, 2.45) is 5.92 Å². The molecule has 0 atom stereocenters. The molecule has 0 spiro atoms. The molecule has 6 rings (SSSR count). The highest BCUT2D eigenvalue weighted by atomic mass is 19.1. The van der Waals surface area contributed by atoms with Crippen LogP contribution in [0.3, 0.4) is 0 Å². The van der Waals surface area contributed by atoms with Crippen LogP contribution < -0.4 is 0 Å². The van der Waals surface area contributed by atoms with E-state index in [0.717, 1.165) is 86.2 Å². The van der Waals surface area contributed by atoms with Crippen molar-refractivity contribution in [2.45, 2.75) is 83.1 Å². The monoisotopic (exact) mass is 466 g/mol. The number of fused-ring (bicyclic) bond motifs is 1. The SMILES string of the molecule is Cc1nc2nc(C3CCOCC3)nc(C3CCC(CF)CC3)c2nc1C.c1cnn(C2CC2)c1. The van der Waals surface area contributed by atoms with Gasteiger partial charge in [-0.2, -0.15) is 5.10 Å². The Morgan fingerprint density at radius 2 is 1.62 bits per heavy atom. The van der Waals surface area contributed by atoms with Crippen molar-refractivity contribution < 1.29 is 9.13 Å². The van der Waals surface area contributed by atoms with Crippen LogP contribution >= 0.6 is 0 Å². The van der Waals surface area contributed by atoms with E-state index in [-0.39, 0.29) is 12.6 Å². The number of ether oxygens (including phenoxy) is 1. The van der Waals surface area contributed by atoms with E-state index < -0.39 is 0 Å². The molecule has 1 aliphatic heterocycles. The van der Waals surface area contributed by atoms with Gasteiger partial charge in [-0.15, -0.1) is 0 Å². The molecule has 4 heterocycles. The number of hydrogen-bond donors (Lipinski definition) is 0. The molecule has 182 valence electrons. The fourth-order valence-electron chi connectivity index (χ4n) is 5.00. The highest BCUT2D eigenvalue weighted by Gasteiger charge is 2.28. The second-order valence-electron chi connectivity index (χ2n) is 10.0. The van der Waals surface area contributed by atoms with Crippen LogP contribution in [0.2, 0.25) is 0 Å². The minimum Gasteiger partial charge on any atom is -0.381 e. The van der Waals surface area contributed by atoms with Crippen molar-refractivity contribution in [3.63, 3.8) is 0 Å². The van der Waals surface area contributed by atoms with Crippen molar-refractivity contribution in [2.75, 3.05) is 19.9 Å². The van der Waals surface area contributed by atoms with E-state index in [1.165, 1.54) is 12.8 Å². The molecule has 0 radical (unpaired) electrons. The summed E-state index contributed by atoms with van der Waals surface area (Å²) in [5.41, 5.74) is 4.43. The standard InChI is InChI=1S/C20H27FN4O.C6H8N2/c1-12-13(2)23-20-18(22-12)17(15-5-3-14(11-21)4-6-15)24-19(25-20)16-7-9-26-10-8-16;1-4-7-8(5-1)6-2-3-6/h14-16H,3-11H2,1-2H3;1,4-6H,2-3H2. The van der Waals surface area contributed by atoms with E-state index in [9.17, 15) is 4.39 Å². The molecule has 2 saturated carbocycles. The Balaban J connectivity index is 0.000000252. The van der Waals surface area contributed by atoms with Gasteiger partial charge < -0.3 is 4.74 Å². The summed E-state index contributed by atoms with van der Waals surface area (Å²) in [5.74, 6) is 1.76. The molecule has 3 aromatic heterocycles. The molecule has 0 N–H and O–H groups in total. The Labute approximate surface area is 200 Å². The number of alkyl halides is 1. The van der Waals surface area contributed by atoms with Gasteiger partial charge in [0.05, 0.1) is 29.8 Å². The molecule has 8 heteroatoms. The Morgan fingerprint density at radius 3 is 2.26 bits per heavy atom. The zero-order chi connectivity index (χ0) is 23.5. The van der Waals surface area contributed by atoms with E-state index in [2.05, 4.69) is 5.10 Å². The lowest BCUT2D eigenvalue weighted by Gasteiger charge is -2.28. The first kappa shape index (κ1) is 23.3. The van der Waals surface area contributed by atoms with Gasteiger partial charge in [0, 0.05) is 37.4 Å². The maximum atomic E-state index is 13.0. The molecule has 0 unspecified atom stereocenters. The van der Waals surface area contributed by atoms with Gasteiger partial charge in [-0.3, -0.25) is 9.07 Å². The van der Waals surface area contributed by atoms with Gasteiger partial charge in [0.25, 0.3) is 0 Å². The first-order valence-corrected chi connectivity index (χ1v) is 12.8. The first-order valence-electron chi connectivity index (χ1n) is 12.8. The summed E-state index contributed by atoms with van der Waals surface area (Å²) in [7, 11) is 0. The van der Waals surface area contributed by atoms with E-state index in [0.29, 0.717) is 17.5 Å². The molecule has 7 nitrogen and oxygen atoms in total. The highest BCUT2D eigenvalue weighted by Crippen LogP contribution is 2.38. The van der Waals surface area contributed by atoms with E-state index in [1.54, 1.807) is 0 Å². The number of aromatic nitrogens is 6. The van der Waals surface area contributed by atoms with Crippen molar-refractivity contribution in [1.29, 1.82) is 0 Å². The third-order valence-electron chi connectivity index (χ3n) is 7.47. The number of hydrogen-bond acceptors (Lipinski definition) is 6. The topological polar surface area (TPSA) is 78.6 Å². The molecule has 3 aromatic rings. The molecule has 0 amide bonds. The maximum Gasteiger partial charge on any atom is 0.182 e. The second-order valence-corrected chi connectivity index (χ2v) is 10.0. The Kier molecular flexibility index (Phi) is 7.13. The van der Waals surface area contributed by atoms with Crippen molar-refractivity contribution >= 4 is 11.2 Å². The van der Waals surface area contributed by atoms with Crippen molar-refractivity contribution in [1.82, 2.24) is 29.7 Å². The summed E-state index contributed by atoms with van der Waals surface area (Å²) in [5, 5.41) is 4.09. The first-order chi connectivity index (χ1) is 16.6. The van der Waals surface area contributed by atoms with Crippen molar-refractivity contribution in [3.8, 4) is 0 Å². The Morgan fingerprint density at radius 1 is 0.882 bits per heavy atom. The molecular weight excluding hydrogens is 431 g/mol. The fraction of sp³-hybridized carbons (Fsp3) is 0.654. The summed E-state index contributed by atoms with van der Waals surface area (Å²) >= 11 is 0. The third kappa shape index (κ3) is 5.27. The lowest BCUT2D eigenvalue weighted by atomic mass is 9.80. The fourth-order valence-corrected chi connectivity index (χ4v) is 5.00. The number of aryl methyl sites for hydroxylation is 2. The van der Waals surface area contributed by atoms with E-state index in [4.69, 9.17) is 24.7 Å². The normalized spacial score (nSPS) is 23.5. The molecule has 3 fully saturated rings. The molecule has 1 saturated heterocycles. The molecule has 2 aliphatic carbocycles. The van der Waals surface area contributed by atoms with E-state index in [1.807, 2.05) is 37.0 Å². The van der Waals surface area contributed by atoms with Gasteiger partial charge in [-0.05, 0) is 77.2 Å². The average Bonchev–Trinajstić information content (AvgIpc) is 3.59. The van der Waals surface area contributed by atoms with Gasteiger partial charge in [0.15, 0.2) is 5.65 Å². The molecule has 34 heavy (non-hydrogen) atoms. The van der Waals surface area contributed by atoms with Crippen LogP contribution in [-0.2, 0) is 4.74 Å². The van der Waals surface area contributed by atoms with Crippen LogP contribution in [0.5, 0.6) is 0 Å². The minimum atomic E-state index is -0.206. The van der Waals surface area contributed by atoms with Crippen LogP contribution in [0.4, 0.5) is 4.39 Å². The summed E-state index contributed by atoms with van der Waals surface area (Å²) in [6.45, 7) is 5.29. The van der Waals surface area contributed by atoms with Crippen LogP contribution in [0.1, 0.15) is 92.2 Å². The molecule has 3 aliphatic rings. The predicted octanol–water partition coefficient (Wildman–Crippen LogP) is 5.39. The van der Waals surface area contributed by atoms with Crippen LogP contribution in [0, 0.1) is 19.8 Å². The van der Waals surface area contributed by atoms with Gasteiger partial charge in [0.1, 0.15) is 11.3 Å². The lowest BCUT2D eigenvalue weighted by Crippen LogP contribution is -2.20. The quantitative estimate of drug-likeness (QED) is 0.513. The summed E-state index contributed by atoms with van der Waals surface area (Å²) in [4.78, 5) is 19.3. The lowest BCUT2D eigenvalue weighted by molar-refractivity contribution is 0.0835. The summed E-state index contributed by atoms with van der Waals surface area (Å²) < 4.78 is 20.5. The predicted molar refractivity (Wildman–Crippen MR) is 129 cm³/mol. The number of nitrogens with zero attached hydrogens (tertiary/aromatic N) is 6. The summed E-state index contributed by atoms with van der Waals surface area (Å²) in [6.07, 6.45) is 12.2. The zero-order valence-electron chi connectivity index (χ0n) is 20.3. The van der Waals surface area contributed by atoms with Gasteiger partial charge >= 0.3 is 0 Å². The highest BCUT2D eigenvalue weighted by molar-refractivity contribution is 5.73. The maximum absolute atomic E-state index is 13.0. The van der Waals surface area contributed by atoms with Crippen LogP contribution in [-0.4, -0.2) is 49.6 Å². The van der Waals surface area contributed by atoms with Crippen LogP contribution in [0.25, 0.3) is 11.2 Å². The minimum absolute atomic E-state index is 0.206. The van der Waals surface area contributed by atoms with Crippen LogP contribution in [0.15, 0.2) is 18.5 Å². The van der Waals surface area contributed by atoms with Crippen molar-refractivity contribution in [3.05, 3.63) is 41.4 Å². The molecule has 0 bridgehead atoms. The van der Waals surface area contributed by atoms with Gasteiger partial charge in [-0.1, -0.05) is 0 Å². The third-order valence-corrected chi connectivity index (χ3v) is 7.47. The Hall–Kier alpha value is -2.48. The van der Waals surface area contributed by atoms with Gasteiger partial charge in [0.2, 0.25) is 0 Å². The number of halogens is 1. The zero-order valence-corrected chi connectivity index (χ0v) is 20.3. The summed E-state index contributed by atoms with van der Waals surface area (Å²) in [6, 6.07) is 2.71. The second kappa shape index (κ2) is 10.4. The molecular formula is C26H35FN6O. The Bertz CT molecular complexity index is 1090. The molecule has 0 aromatic carbocycles.